The summed E-state index contributed by atoms with van der Waals surface area (Å²) in [7, 11) is 0. The molecule has 3 rings (SSSR count). The van der Waals surface area contributed by atoms with Crippen molar-refractivity contribution in [1.82, 2.24) is 14.3 Å². The summed E-state index contributed by atoms with van der Waals surface area (Å²) in [6.07, 6.45) is 5.46. The van der Waals surface area contributed by atoms with Crippen LogP contribution in [0.4, 0.5) is 0 Å². The molecule has 1 N–H and O–H groups in total. The number of hydrogen-bond acceptors (Lipinski definition) is 4. The summed E-state index contributed by atoms with van der Waals surface area (Å²) in [5.74, 6) is 0.0551. The number of hydrogen-bond donors (Lipinski definition) is 1. The summed E-state index contributed by atoms with van der Waals surface area (Å²) in [4.78, 5) is 19.1. The highest BCUT2D eigenvalue weighted by molar-refractivity contribution is 7.15. The molecule has 96 valence electrons. The number of β-amino-alcohol motifs (C(OH)–C–C–N with tert-alkyl or cyclic N) is 1. The fourth-order valence-corrected chi connectivity index (χ4v) is 3.03. The summed E-state index contributed by atoms with van der Waals surface area (Å²) >= 11 is 1.56. The monoisotopic (exact) mass is 265 g/mol. The van der Waals surface area contributed by atoms with E-state index in [1.54, 1.807) is 16.2 Å². The zero-order valence-corrected chi connectivity index (χ0v) is 10.8. The van der Waals surface area contributed by atoms with Crippen LogP contribution in [0.5, 0.6) is 0 Å². The summed E-state index contributed by atoms with van der Waals surface area (Å²) in [5.41, 5.74) is 0.798. The van der Waals surface area contributed by atoms with Gasteiger partial charge in [-0.3, -0.25) is 9.20 Å². The standard InChI is InChI=1S/C12H15N3O2S/c16-10-2-1-3-14(8-10)11(17)6-9-7-15-4-5-18-12(15)13-9/h4-5,7,10,16H,1-3,6,8H2/t10-/m0/s1. The minimum atomic E-state index is -0.367. The highest BCUT2D eigenvalue weighted by Crippen LogP contribution is 2.14. The SMILES string of the molecule is O=C(Cc1cn2ccsc2n1)N1CCC[C@H](O)C1. The normalized spacial score (nSPS) is 20.5. The van der Waals surface area contributed by atoms with Gasteiger partial charge < -0.3 is 10.0 Å². The number of piperidine rings is 1. The Kier molecular flexibility index (Phi) is 3.05. The molecule has 0 spiro atoms. The Morgan fingerprint density at radius 2 is 2.50 bits per heavy atom. The van der Waals surface area contributed by atoms with Gasteiger partial charge in [0.15, 0.2) is 4.96 Å². The van der Waals surface area contributed by atoms with Crippen molar-refractivity contribution in [3.05, 3.63) is 23.5 Å². The third kappa shape index (κ3) is 2.26. The maximum Gasteiger partial charge on any atom is 0.228 e. The van der Waals surface area contributed by atoms with Crippen LogP contribution in [-0.2, 0) is 11.2 Å². The van der Waals surface area contributed by atoms with Crippen LogP contribution < -0.4 is 0 Å². The molecule has 5 nitrogen and oxygen atoms in total. The third-order valence-corrected chi connectivity index (χ3v) is 4.00. The fourth-order valence-electron chi connectivity index (χ4n) is 2.31. The molecule has 1 amide bonds. The van der Waals surface area contributed by atoms with Crippen molar-refractivity contribution in [1.29, 1.82) is 0 Å². The van der Waals surface area contributed by atoms with Crippen LogP contribution in [-0.4, -0.2) is 44.5 Å². The van der Waals surface area contributed by atoms with Gasteiger partial charge in [0.25, 0.3) is 0 Å². The van der Waals surface area contributed by atoms with Gasteiger partial charge in [0.05, 0.1) is 18.2 Å². The maximum atomic E-state index is 12.1. The van der Waals surface area contributed by atoms with Gasteiger partial charge in [0.1, 0.15) is 0 Å². The minimum absolute atomic E-state index is 0.0551. The number of rotatable bonds is 2. The molecule has 6 heteroatoms. The van der Waals surface area contributed by atoms with Gasteiger partial charge in [0.2, 0.25) is 5.91 Å². The number of likely N-dealkylation sites (tertiary alicyclic amines) is 1. The van der Waals surface area contributed by atoms with Gasteiger partial charge in [-0.15, -0.1) is 11.3 Å². The number of carbonyl (C=O) groups is 1. The van der Waals surface area contributed by atoms with Crippen LogP contribution >= 0.6 is 11.3 Å². The Balaban J connectivity index is 1.68. The molecular weight excluding hydrogens is 250 g/mol. The van der Waals surface area contributed by atoms with E-state index in [1.807, 2.05) is 22.2 Å². The van der Waals surface area contributed by atoms with Crippen molar-refractivity contribution in [3.8, 4) is 0 Å². The molecule has 2 aromatic heterocycles. The number of amides is 1. The predicted octanol–water partition coefficient (Wildman–Crippen LogP) is 0.922. The van der Waals surface area contributed by atoms with E-state index in [0.29, 0.717) is 13.0 Å². The molecule has 0 unspecified atom stereocenters. The highest BCUT2D eigenvalue weighted by Gasteiger charge is 2.22. The van der Waals surface area contributed by atoms with Crippen molar-refractivity contribution in [2.24, 2.45) is 0 Å². The molecule has 0 bridgehead atoms. The number of fused-ring (bicyclic) bond motifs is 1. The van der Waals surface area contributed by atoms with E-state index in [9.17, 15) is 9.90 Å². The lowest BCUT2D eigenvalue weighted by Gasteiger charge is -2.29. The van der Waals surface area contributed by atoms with Crippen molar-refractivity contribution in [2.45, 2.75) is 25.4 Å². The first-order chi connectivity index (χ1) is 8.72. The Morgan fingerprint density at radius 3 is 3.28 bits per heavy atom. The van der Waals surface area contributed by atoms with Crippen LogP contribution in [0.1, 0.15) is 18.5 Å². The number of aliphatic hydroxyl groups is 1. The smallest absolute Gasteiger partial charge is 0.228 e. The number of nitrogens with zero attached hydrogens (tertiary/aromatic N) is 3. The second-order valence-electron chi connectivity index (χ2n) is 4.64. The van der Waals surface area contributed by atoms with Crippen molar-refractivity contribution >= 4 is 22.2 Å². The van der Waals surface area contributed by atoms with Gasteiger partial charge in [-0.1, -0.05) is 0 Å². The second kappa shape index (κ2) is 4.70. The average molecular weight is 265 g/mol. The number of imidazole rings is 1. The molecule has 1 atom stereocenters. The molecule has 0 aromatic carbocycles. The van der Waals surface area contributed by atoms with E-state index in [1.165, 1.54) is 0 Å². The largest absolute Gasteiger partial charge is 0.391 e. The first kappa shape index (κ1) is 11.7. The molecule has 1 aliphatic heterocycles. The number of aromatic nitrogens is 2. The number of carbonyl (C=O) groups excluding carboxylic acids is 1. The summed E-state index contributed by atoms with van der Waals surface area (Å²) < 4.78 is 1.93. The minimum Gasteiger partial charge on any atom is -0.391 e. The average Bonchev–Trinajstić information content (AvgIpc) is 2.89. The lowest BCUT2D eigenvalue weighted by Crippen LogP contribution is -2.42. The van der Waals surface area contributed by atoms with E-state index in [-0.39, 0.29) is 12.0 Å². The maximum absolute atomic E-state index is 12.1. The molecule has 0 radical (unpaired) electrons. The van der Waals surface area contributed by atoms with Gasteiger partial charge in [0, 0.05) is 30.9 Å². The molecule has 1 aliphatic rings. The lowest BCUT2D eigenvalue weighted by atomic mass is 10.1. The fraction of sp³-hybridized carbons (Fsp3) is 0.500. The molecule has 3 heterocycles. The van der Waals surface area contributed by atoms with Crippen molar-refractivity contribution < 1.29 is 9.90 Å². The van der Waals surface area contributed by atoms with Gasteiger partial charge >= 0.3 is 0 Å². The van der Waals surface area contributed by atoms with E-state index in [2.05, 4.69) is 4.98 Å². The van der Waals surface area contributed by atoms with E-state index in [0.717, 1.165) is 30.0 Å². The van der Waals surface area contributed by atoms with E-state index < -0.39 is 0 Å². The number of thiazole rings is 1. The van der Waals surface area contributed by atoms with Crippen molar-refractivity contribution in [2.75, 3.05) is 13.1 Å². The summed E-state index contributed by atoms with van der Waals surface area (Å²) in [6, 6.07) is 0. The van der Waals surface area contributed by atoms with E-state index in [4.69, 9.17) is 0 Å². The predicted molar refractivity (Wildman–Crippen MR) is 68.6 cm³/mol. The van der Waals surface area contributed by atoms with Crippen LogP contribution in [0.15, 0.2) is 17.8 Å². The van der Waals surface area contributed by atoms with Crippen LogP contribution in [0, 0.1) is 0 Å². The molecule has 2 aromatic rings. The van der Waals surface area contributed by atoms with Crippen LogP contribution in [0.3, 0.4) is 0 Å². The molecular formula is C12H15N3O2S. The quantitative estimate of drug-likeness (QED) is 0.878. The second-order valence-corrected chi connectivity index (χ2v) is 5.51. The van der Waals surface area contributed by atoms with Gasteiger partial charge in [-0.25, -0.2) is 4.98 Å². The lowest BCUT2D eigenvalue weighted by molar-refractivity contribution is -0.133. The molecule has 0 aliphatic carbocycles. The first-order valence-electron chi connectivity index (χ1n) is 6.09. The third-order valence-electron chi connectivity index (χ3n) is 3.22. The van der Waals surface area contributed by atoms with Gasteiger partial charge in [-0.05, 0) is 12.8 Å². The molecule has 1 saturated heterocycles. The first-order valence-corrected chi connectivity index (χ1v) is 6.97. The molecule has 1 fully saturated rings. The Bertz CT molecular complexity index is 534. The topological polar surface area (TPSA) is 57.8 Å². The summed E-state index contributed by atoms with van der Waals surface area (Å²) in [5, 5.41) is 11.5. The Morgan fingerprint density at radius 1 is 1.61 bits per heavy atom. The number of aliphatic hydroxyl groups excluding tert-OH is 1. The molecule has 18 heavy (non-hydrogen) atoms. The van der Waals surface area contributed by atoms with Crippen molar-refractivity contribution in [3.63, 3.8) is 0 Å². The Labute approximate surface area is 109 Å². The van der Waals surface area contributed by atoms with Gasteiger partial charge in [-0.2, -0.15) is 0 Å². The van der Waals surface area contributed by atoms with Crippen LogP contribution in [0.25, 0.3) is 4.96 Å². The molecule has 0 saturated carbocycles. The Hall–Kier alpha value is -1.40. The highest BCUT2D eigenvalue weighted by atomic mass is 32.1. The zero-order chi connectivity index (χ0) is 12.5. The van der Waals surface area contributed by atoms with Crippen LogP contribution in [0.2, 0.25) is 0 Å². The van der Waals surface area contributed by atoms with E-state index >= 15 is 0 Å². The summed E-state index contributed by atoms with van der Waals surface area (Å²) in [6.45, 7) is 1.21. The zero-order valence-electron chi connectivity index (χ0n) is 9.95.